The van der Waals surface area contributed by atoms with Gasteiger partial charge in [-0.1, -0.05) is 170 Å². The van der Waals surface area contributed by atoms with Crippen molar-refractivity contribution >= 4 is 86.8 Å². The van der Waals surface area contributed by atoms with Crippen molar-refractivity contribution in [1.29, 1.82) is 0 Å². The minimum Gasteiger partial charge on any atom is -0.456 e. The van der Waals surface area contributed by atoms with Crippen molar-refractivity contribution in [2.24, 2.45) is 0 Å². The summed E-state index contributed by atoms with van der Waals surface area (Å²) in [5, 5.41) is 13.5. The van der Waals surface area contributed by atoms with Crippen LogP contribution < -0.4 is 0 Å². The molecule has 5 nitrogen and oxygen atoms in total. The molecular formula is C61H36N4O. The number of hydrogen-bond donors (Lipinski definition) is 0. The highest BCUT2D eigenvalue weighted by atomic mass is 16.3. The third-order valence-corrected chi connectivity index (χ3v) is 13.3. The van der Waals surface area contributed by atoms with E-state index in [1.165, 1.54) is 26.9 Å². The maximum absolute atomic E-state index is 6.86. The van der Waals surface area contributed by atoms with Gasteiger partial charge in [0.25, 0.3) is 0 Å². The highest BCUT2D eigenvalue weighted by Gasteiger charge is 2.26. The first kappa shape index (κ1) is 36.5. The van der Waals surface area contributed by atoms with Crippen molar-refractivity contribution < 1.29 is 4.42 Å². The van der Waals surface area contributed by atoms with Gasteiger partial charge in [-0.05, 0) is 97.4 Å². The molecule has 3 aromatic heterocycles. The van der Waals surface area contributed by atoms with Crippen LogP contribution in [0.4, 0.5) is 0 Å². The Bertz CT molecular complexity index is 4300. The van der Waals surface area contributed by atoms with Crippen LogP contribution in [0.3, 0.4) is 0 Å². The second-order valence-corrected chi connectivity index (χ2v) is 17.2. The normalized spacial score (nSPS) is 11.9. The molecule has 0 fully saturated rings. The summed E-state index contributed by atoms with van der Waals surface area (Å²) in [6, 6.07) is 77.6. The molecule has 0 aliphatic heterocycles. The van der Waals surface area contributed by atoms with Gasteiger partial charge in [0.15, 0.2) is 17.5 Å². The maximum atomic E-state index is 6.86. The Labute approximate surface area is 378 Å². The minimum atomic E-state index is 0.556. The second-order valence-electron chi connectivity index (χ2n) is 17.2. The van der Waals surface area contributed by atoms with Crippen LogP contribution >= 0.6 is 0 Å². The fraction of sp³-hybridized carbons (Fsp3) is 0. The summed E-state index contributed by atoms with van der Waals surface area (Å²) >= 11 is 0. The lowest BCUT2D eigenvalue weighted by Gasteiger charge is -2.17. The smallest absolute Gasteiger partial charge is 0.166 e. The van der Waals surface area contributed by atoms with E-state index < -0.39 is 0 Å². The van der Waals surface area contributed by atoms with Crippen molar-refractivity contribution in [1.82, 2.24) is 19.5 Å². The Hall–Kier alpha value is -8.93. The SMILES string of the molecule is c1ccc(-c2cccc(-c3nc(-c4ccc5ccccc5c4)nc(-c4c(-n5c6cc7ccccc7cc6c6ccc7ccccc7c65)ccc5oc6cc7ccccc7cc6c45)n3)c2)cc1. The van der Waals surface area contributed by atoms with Gasteiger partial charge in [0.2, 0.25) is 0 Å². The van der Waals surface area contributed by atoms with Crippen molar-refractivity contribution in [3.05, 3.63) is 218 Å². The Balaban J connectivity index is 1.15. The number of aromatic nitrogens is 4. The molecule has 0 aliphatic rings. The number of furan rings is 1. The van der Waals surface area contributed by atoms with E-state index in [4.69, 9.17) is 19.4 Å². The van der Waals surface area contributed by atoms with E-state index in [9.17, 15) is 0 Å². The molecule has 0 N–H and O–H groups in total. The zero-order chi connectivity index (χ0) is 43.3. The van der Waals surface area contributed by atoms with E-state index in [0.717, 1.165) is 93.4 Å². The Morgan fingerprint density at radius 2 is 0.894 bits per heavy atom. The molecule has 0 saturated carbocycles. The van der Waals surface area contributed by atoms with Crippen LogP contribution in [0.2, 0.25) is 0 Å². The first-order valence-corrected chi connectivity index (χ1v) is 22.3. The standard InChI is InChI=1S/C61H36N4O/c1-2-13-37(14-3-1)41-22-12-23-46(31-41)59-62-60(47-26-25-38-15-4-5-17-40(38)32-47)64-61(63-59)57-52(29-30-54-56(57)51-34-43-19-7-9-21-45(43)36-55(51)66-54)65-53-35-44-20-8-6-18-42(44)33-50(53)49-28-27-39-16-10-11-24-48(39)58(49)65/h1-36H. The van der Waals surface area contributed by atoms with Gasteiger partial charge in [-0.15, -0.1) is 0 Å². The number of nitrogens with zero attached hydrogens (tertiary/aromatic N) is 4. The third kappa shape index (κ3) is 5.70. The van der Waals surface area contributed by atoms with Gasteiger partial charge in [-0.3, -0.25) is 0 Å². The van der Waals surface area contributed by atoms with Crippen LogP contribution in [0.25, 0.3) is 138 Å². The molecule has 0 aliphatic carbocycles. The third-order valence-electron chi connectivity index (χ3n) is 13.3. The van der Waals surface area contributed by atoms with Crippen LogP contribution in [-0.2, 0) is 0 Å². The second kappa shape index (κ2) is 14.3. The lowest BCUT2D eigenvalue weighted by Crippen LogP contribution is -2.04. The molecule has 5 heteroatoms. The van der Waals surface area contributed by atoms with Gasteiger partial charge < -0.3 is 8.98 Å². The average Bonchev–Trinajstić information content (AvgIpc) is 3.91. The van der Waals surface area contributed by atoms with Gasteiger partial charge in [-0.2, -0.15) is 0 Å². The Kier molecular flexibility index (Phi) is 7.91. The number of hydrogen-bond acceptors (Lipinski definition) is 4. The average molecular weight is 841 g/mol. The van der Waals surface area contributed by atoms with Crippen LogP contribution in [-0.4, -0.2) is 19.5 Å². The molecule has 0 unspecified atom stereocenters. The maximum Gasteiger partial charge on any atom is 0.166 e. The summed E-state index contributed by atoms with van der Waals surface area (Å²) in [6.07, 6.45) is 0. The van der Waals surface area contributed by atoms with Crippen LogP contribution in [0.1, 0.15) is 0 Å². The molecule has 3 heterocycles. The lowest BCUT2D eigenvalue weighted by molar-refractivity contribution is 0.669. The molecule has 14 rings (SSSR count). The molecule has 11 aromatic carbocycles. The molecule has 0 amide bonds. The lowest BCUT2D eigenvalue weighted by atomic mass is 10.00. The first-order valence-electron chi connectivity index (χ1n) is 22.3. The summed E-state index contributed by atoms with van der Waals surface area (Å²) < 4.78 is 9.31. The zero-order valence-corrected chi connectivity index (χ0v) is 35.5. The predicted octanol–water partition coefficient (Wildman–Crippen LogP) is 16.1. The van der Waals surface area contributed by atoms with Gasteiger partial charge in [0.1, 0.15) is 11.2 Å². The molecule has 306 valence electrons. The molecule has 0 radical (unpaired) electrons. The summed E-state index contributed by atoms with van der Waals surface area (Å²) in [5.74, 6) is 1.73. The summed E-state index contributed by atoms with van der Waals surface area (Å²) in [4.78, 5) is 16.4. The van der Waals surface area contributed by atoms with Gasteiger partial charge >= 0.3 is 0 Å². The summed E-state index contributed by atoms with van der Waals surface area (Å²) in [7, 11) is 0. The molecular weight excluding hydrogens is 805 g/mol. The van der Waals surface area contributed by atoms with Gasteiger partial charge in [0, 0.05) is 38.1 Å². The molecule has 0 spiro atoms. The molecule has 0 saturated heterocycles. The quantitative estimate of drug-likeness (QED) is 0.173. The van der Waals surface area contributed by atoms with Gasteiger partial charge in [0.05, 0.1) is 22.3 Å². The van der Waals surface area contributed by atoms with Crippen LogP contribution in [0.5, 0.6) is 0 Å². The number of fused-ring (bicyclic) bond motifs is 11. The Morgan fingerprint density at radius 3 is 1.67 bits per heavy atom. The fourth-order valence-electron chi connectivity index (χ4n) is 10.2. The summed E-state index contributed by atoms with van der Waals surface area (Å²) in [6.45, 7) is 0. The predicted molar refractivity (Wildman–Crippen MR) is 273 cm³/mol. The highest BCUT2D eigenvalue weighted by Crippen LogP contribution is 2.46. The van der Waals surface area contributed by atoms with E-state index in [2.05, 4.69) is 217 Å². The monoisotopic (exact) mass is 840 g/mol. The number of benzene rings is 11. The van der Waals surface area contributed by atoms with Crippen molar-refractivity contribution in [3.8, 4) is 51.0 Å². The van der Waals surface area contributed by atoms with E-state index in [0.29, 0.717) is 17.5 Å². The van der Waals surface area contributed by atoms with Crippen LogP contribution in [0, 0.1) is 0 Å². The van der Waals surface area contributed by atoms with Gasteiger partial charge in [-0.25, -0.2) is 15.0 Å². The van der Waals surface area contributed by atoms with E-state index in [1.54, 1.807) is 0 Å². The van der Waals surface area contributed by atoms with E-state index >= 15 is 0 Å². The van der Waals surface area contributed by atoms with Crippen LogP contribution in [0.15, 0.2) is 223 Å². The topological polar surface area (TPSA) is 56.7 Å². The molecule has 66 heavy (non-hydrogen) atoms. The van der Waals surface area contributed by atoms with E-state index in [-0.39, 0.29) is 0 Å². The van der Waals surface area contributed by atoms with E-state index in [1.807, 2.05) is 6.07 Å². The molecule has 14 aromatic rings. The van der Waals surface area contributed by atoms with Crippen molar-refractivity contribution in [3.63, 3.8) is 0 Å². The molecule has 0 atom stereocenters. The fourth-order valence-corrected chi connectivity index (χ4v) is 10.2. The highest BCUT2D eigenvalue weighted by molar-refractivity contribution is 6.23. The first-order chi connectivity index (χ1) is 32.7. The number of rotatable bonds is 5. The Morgan fingerprint density at radius 1 is 0.318 bits per heavy atom. The largest absolute Gasteiger partial charge is 0.456 e. The summed E-state index contributed by atoms with van der Waals surface area (Å²) in [5.41, 5.74) is 9.61. The minimum absolute atomic E-state index is 0.556. The van der Waals surface area contributed by atoms with Crippen molar-refractivity contribution in [2.45, 2.75) is 0 Å². The molecule has 0 bridgehead atoms. The van der Waals surface area contributed by atoms with Crippen molar-refractivity contribution in [2.75, 3.05) is 0 Å². The zero-order valence-electron chi connectivity index (χ0n) is 35.5.